The molecule has 1 aliphatic heterocycles. The summed E-state index contributed by atoms with van der Waals surface area (Å²) in [6.07, 6.45) is -12.5. The number of halogens is 6. The van der Waals surface area contributed by atoms with Crippen molar-refractivity contribution in [2.24, 2.45) is 0 Å². The molecular formula is C27H27F6NO4. The van der Waals surface area contributed by atoms with Crippen molar-refractivity contribution in [2.45, 2.75) is 70.1 Å². The summed E-state index contributed by atoms with van der Waals surface area (Å²) < 4.78 is 91.6. The molecule has 38 heavy (non-hydrogen) atoms. The van der Waals surface area contributed by atoms with Crippen LogP contribution < -0.4 is 0 Å². The molecule has 1 saturated heterocycles. The number of carbonyl (C=O) groups is 2. The molecular weight excluding hydrogens is 516 g/mol. The molecule has 0 saturated carbocycles. The Hall–Kier alpha value is -3.50. The lowest BCUT2D eigenvalue weighted by Gasteiger charge is -2.40. The minimum Gasteiger partial charge on any atom is -0.488 e. The largest absolute Gasteiger partial charge is 0.488 e. The van der Waals surface area contributed by atoms with E-state index in [4.69, 9.17) is 9.47 Å². The zero-order chi connectivity index (χ0) is 28.7. The van der Waals surface area contributed by atoms with E-state index in [0.29, 0.717) is 17.7 Å². The van der Waals surface area contributed by atoms with E-state index in [2.05, 4.69) is 6.58 Å². The second kappa shape index (κ2) is 9.99. The summed E-state index contributed by atoms with van der Waals surface area (Å²) in [6, 6.07) is 9.36. The summed E-state index contributed by atoms with van der Waals surface area (Å²) >= 11 is 0. The first-order valence-electron chi connectivity index (χ1n) is 11.6. The van der Waals surface area contributed by atoms with Gasteiger partial charge in [-0.3, -0.25) is 4.79 Å². The van der Waals surface area contributed by atoms with Gasteiger partial charge in [0.2, 0.25) is 5.91 Å². The van der Waals surface area contributed by atoms with Crippen molar-refractivity contribution in [1.29, 1.82) is 0 Å². The van der Waals surface area contributed by atoms with Gasteiger partial charge in [-0.2, -0.15) is 26.3 Å². The first-order chi connectivity index (χ1) is 17.4. The number of carbonyl (C=O) groups excluding carboxylic acids is 2. The SMILES string of the molecule is C=C(O[C@H](C)c1cc(C(F)(F)F)cc(C(F)(F)F)c1)[C@@]1(c2ccccc2)CCC(=O)N1C(=O)OC(C)(C)C. The molecule has 0 radical (unpaired) electrons. The maximum absolute atomic E-state index is 13.4. The van der Waals surface area contributed by atoms with Crippen LogP contribution in [0.2, 0.25) is 0 Å². The Balaban J connectivity index is 2.07. The second-order valence-corrected chi connectivity index (χ2v) is 9.96. The summed E-state index contributed by atoms with van der Waals surface area (Å²) in [5.41, 5.74) is -5.56. The molecule has 3 rings (SSSR count). The van der Waals surface area contributed by atoms with E-state index in [1.165, 1.54) is 6.92 Å². The van der Waals surface area contributed by atoms with E-state index in [-0.39, 0.29) is 24.7 Å². The van der Waals surface area contributed by atoms with Crippen molar-refractivity contribution in [2.75, 3.05) is 0 Å². The first kappa shape index (κ1) is 29.1. The topological polar surface area (TPSA) is 55.8 Å². The number of hydrogen-bond acceptors (Lipinski definition) is 4. The molecule has 0 aliphatic carbocycles. The van der Waals surface area contributed by atoms with Gasteiger partial charge >= 0.3 is 18.4 Å². The van der Waals surface area contributed by atoms with Gasteiger partial charge in [0.1, 0.15) is 23.0 Å². The summed E-state index contributed by atoms with van der Waals surface area (Å²) in [4.78, 5) is 27.0. The summed E-state index contributed by atoms with van der Waals surface area (Å²) in [7, 11) is 0. The highest BCUT2D eigenvalue weighted by Crippen LogP contribution is 2.47. The van der Waals surface area contributed by atoms with E-state index in [1.807, 2.05) is 0 Å². The summed E-state index contributed by atoms with van der Waals surface area (Å²) in [5, 5.41) is 0. The Kier molecular flexibility index (Phi) is 7.64. The molecule has 206 valence electrons. The van der Waals surface area contributed by atoms with E-state index in [9.17, 15) is 35.9 Å². The highest BCUT2D eigenvalue weighted by molar-refractivity contribution is 5.96. The van der Waals surface area contributed by atoms with Gasteiger partial charge in [-0.15, -0.1) is 0 Å². The molecule has 0 N–H and O–H groups in total. The van der Waals surface area contributed by atoms with Crippen molar-refractivity contribution in [3.8, 4) is 0 Å². The number of rotatable bonds is 5. The quantitative estimate of drug-likeness (QED) is 0.286. The lowest BCUT2D eigenvalue weighted by molar-refractivity contribution is -0.143. The van der Waals surface area contributed by atoms with Crippen molar-refractivity contribution in [3.63, 3.8) is 0 Å². The molecule has 2 amide bonds. The smallest absolute Gasteiger partial charge is 0.418 e. The monoisotopic (exact) mass is 543 g/mol. The molecule has 0 aromatic heterocycles. The third-order valence-corrected chi connectivity index (χ3v) is 6.02. The predicted octanol–water partition coefficient (Wildman–Crippen LogP) is 7.77. The second-order valence-electron chi connectivity index (χ2n) is 9.96. The minimum atomic E-state index is -5.04. The van der Waals surface area contributed by atoms with Crippen LogP contribution in [0.1, 0.15) is 68.9 Å². The van der Waals surface area contributed by atoms with E-state index < -0.39 is 58.3 Å². The minimum absolute atomic E-state index is 0.0109. The molecule has 0 unspecified atom stereocenters. The summed E-state index contributed by atoms with van der Waals surface area (Å²) in [5.74, 6) is -0.808. The van der Waals surface area contributed by atoms with Gasteiger partial charge in [0, 0.05) is 6.42 Å². The normalized spacial score (nSPS) is 19.3. The van der Waals surface area contributed by atoms with E-state index in [0.717, 1.165) is 4.90 Å². The number of ether oxygens (including phenoxy) is 2. The average molecular weight is 544 g/mol. The van der Waals surface area contributed by atoms with Crippen LogP contribution in [0, 0.1) is 0 Å². The Morgan fingerprint density at radius 2 is 1.50 bits per heavy atom. The van der Waals surface area contributed by atoms with Crippen molar-refractivity contribution >= 4 is 12.0 Å². The van der Waals surface area contributed by atoms with E-state index in [1.54, 1.807) is 51.1 Å². The van der Waals surface area contributed by atoms with Crippen LogP contribution in [0.15, 0.2) is 60.9 Å². The van der Waals surface area contributed by atoms with Crippen LogP contribution in [0.5, 0.6) is 0 Å². The molecule has 0 bridgehead atoms. The lowest BCUT2D eigenvalue weighted by Crippen LogP contribution is -2.50. The van der Waals surface area contributed by atoms with Crippen LogP contribution in [0.4, 0.5) is 31.1 Å². The number of benzene rings is 2. The van der Waals surface area contributed by atoms with Gasteiger partial charge in [0.25, 0.3) is 0 Å². The van der Waals surface area contributed by atoms with Gasteiger partial charge in [-0.25, -0.2) is 9.69 Å². The van der Waals surface area contributed by atoms with Crippen molar-refractivity contribution in [1.82, 2.24) is 4.90 Å². The Bertz CT molecular complexity index is 1180. The number of amides is 2. The highest BCUT2D eigenvalue weighted by Gasteiger charge is 2.55. The molecule has 2 atom stereocenters. The van der Waals surface area contributed by atoms with Crippen molar-refractivity contribution in [3.05, 3.63) is 83.1 Å². The number of likely N-dealkylation sites (tertiary alicyclic amines) is 1. The fraction of sp³-hybridized carbons (Fsp3) is 0.407. The number of imide groups is 1. The first-order valence-corrected chi connectivity index (χ1v) is 11.6. The van der Waals surface area contributed by atoms with Gasteiger partial charge in [0.05, 0.1) is 11.1 Å². The Morgan fingerprint density at radius 1 is 0.974 bits per heavy atom. The van der Waals surface area contributed by atoms with Crippen LogP contribution in [0.3, 0.4) is 0 Å². The van der Waals surface area contributed by atoms with Gasteiger partial charge in [-0.1, -0.05) is 36.9 Å². The Labute approximate surface area is 216 Å². The maximum atomic E-state index is 13.4. The molecule has 2 aromatic carbocycles. The lowest BCUT2D eigenvalue weighted by atomic mass is 9.85. The van der Waals surface area contributed by atoms with Crippen molar-refractivity contribution < 1.29 is 45.4 Å². The van der Waals surface area contributed by atoms with Gasteiger partial charge in [-0.05, 0) is 63.4 Å². The average Bonchev–Trinajstić information content (AvgIpc) is 3.15. The fourth-order valence-corrected chi connectivity index (χ4v) is 4.29. The maximum Gasteiger partial charge on any atom is 0.418 e. The van der Waals surface area contributed by atoms with E-state index >= 15 is 0 Å². The molecule has 1 heterocycles. The molecule has 11 heteroatoms. The third-order valence-electron chi connectivity index (χ3n) is 6.02. The van der Waals surface area contributed by atoms with Gasteiger partial charge < -0.3 is 9.47 Å². The van der Waals surface area contributed by atoms with Gasteiger partial charge in [0.15, 0.2) is 0 Å². The fourth-order valence-electron chi connectivity index (χ4n) is 4.29. The number of nitrogens with zero attached hydrogens (tertiary/aromatic N) is 1. The number of hydrogen-bond donors (Lipinski definition) is 0. The molecule has 1 fully saturated rings. The molecule has 2 aromatic rings. The molecule has 1 aliphatic rings. The zero-order valence-electron chi connectivity index (χ0n) is 21.2. The third kappa shape index (κ3) is 5.97. The highest BCUT2D eigenvalue weighted by atomic mass is 19.4. The molecule has 0 spiro atoms. The summed E-state index contributed by atoms with van der Waals surface area (Å²) in [6.45, 7) is 9.96. The van der Waals surface area contributed by atoms with Crippen LogP contribution >= 0.6 is 0 Å². The predicted molar refractivity (Wildman–Crippen MR) is 126 cm³/mol. The van der Waals surface area contributed by atoms with Crippen LogP contribution in [-0.4, -0.2) is 22.5 Å². The zero-order valence-corrected chi connectivity index (χ0v) is 21.2. The van der Waals surface area contributed by atoms with Crippen LogP contribution in [0.25, 0.3) is 0 Å². The van der Waals surface area contributed by atoms with Crippen LogP contribution in [-0.2, 0) is 32.2 Å². The number of alkyl halides is 6. The molecule has 5 nitrogen and oxygen atoms in total. The standard InChI is InChI=1S/C27H27F6NO4/c1-16(18-13-20(26(28,29)30)15-21(14-18)27(31,32)33)37-17(2)25(19-9-7-6-8-10-19)12-11-22(35)34(25)23(36)38-24(3,4)5/h6-10,13-16H,2,11-12H2,1,3-5H3/t16-,25-/m1/s1. The Morgan fingerprint density at radius 3 is 1.97 bits per heavy atom.